The zero-order valence-electron chi connectivity index (χ0n) is 15.6. The van der Waals surface area contributed by atoms with Crippen molar-refractivity contribution < 1.29 is 31.1 Å². The van der Waals surface area contributed by atoms with Crippen molar-refractivity contribution in [1.82, 2.24) is 9.88 Å². The maximum Gasteiger partial charge on any atom is 0.454 e. The highest BCUT2D eigenvalue weighted by Gasteiger charge is 2.42. The van der Waals surface area contributed by atoms with E-state index in [9.17, 15) is 31.1 Å². The zero-order valence-corrected chi connectivity index (χ0v) is 15.6. The highest BCUT2D eigenvalue weighted by Crippen LogP contribution is 2.41. The van der Waals surface area contributed by atoms with Gasteiger partial charge in [0.2, 0.25) is 0 Å². The molecule has 9 heteroatoms. The van der Waals surface area contributed by atoms with Gasteiger partial charge in [-0.05, 0) is 42.9 Å². The van der Waals surface area contributed by atoms with Gasteiger partial charge in [-0.15, -0.1) is 0 Å². The third-order valence-corrected chi connectivity index (χ3v) is 5.33. The Morgan fingerprint density at radius 2 is 1.60 bits per heavy atom. The lowest BCUT2D eigenvalue weighted by molar-refractivity contribution is -0.137. The molecule has 0 atom stereocenters. The first kappa shape index (κ1) is 20.6. The van der Waals surface area contributed by atoms with E-state index in [1.165, 1.54) is 24.3 Å². The average molecular weight is 426 g/mol. The number of pyridine rings is 1. The molecule has 0 bridgehead atoms. The smallest absolute Gasteiger partial charge is 0.299 e. The Morgan fingerprint density at radius 1 is 0.967 bits per heavy atom. The number of alkyl halides is 6. The lowest BCUT2D eigenvalue weighted by atomic mass is 9.93. The SMILES string of the molecule is O=C(c1cc2c(C(F)(F)F)c(CN3CCCC3)cnc2c2ccccc12)C(F)(F)F. The molecule has 0 spiro atoms. The van der Waals surface area contributed by atoms with Gasteiger partial charge in [-0.3, -0.25) is 14.7 Å². The summed E-state index contributed by atoms with van der Waals surface area (Å²) in [7, 11) is 0. The largest absolute Gasteiger partial charge is 0.454 e. The van der Waals surface area contributed by atoms with Crippen molar-refractivity contribution >= 4 is 27.5 Å². The first-order valence-corrected chi connectivity index (χ1v) is 9.32. The lowest BCUT2D eigenvalue weighted by Crippen LogP contribution is -2.24. The summed E-state index contributed by atoms with van der Waals surface area (Å²) >= 11 is 0. The van der Waals surface area contributed by atoms with Crippen molar-refractivity contribution in [2.45, 2.75) is 31.7 Å². The number of fused-ring (bicyclic) bond motifs is 3. The summed E-state index contributed by atoms with van der Waals surface area (Å²) in [5, 5.41) is -0.508. The van der Waals surface area contributed by atoms with Crippen LogP contribution in [-0.4, -0.2) is 34.9 Å². The van der Waals surface area contributed by atoms with E-state index in [4.69, 9.17) is 0 Å². The fourth-order valence-electron chi connectivity index (χ4n) is 4.05. The van der Waals surface area contributed by atoms with Crippen LogP contribution < -0.4 is 0 Å². The minimum atomic E-state index is -5.21. The fourth-order valence-corrected chi connectivity index (χ4v) is 4.05. The molecule has 0 saturated carbocycles. The molecule has 2 heterocycles. The van der Waals surface area contributed by atoms with Gasteiger partial charge in [0.1, 0.15) is 0 Å². The molecule has 2 aromatic carbocycles. The van der Waals surface area contributed by atoms with Crippen molar-refractivity contribution in [2.24, 2.45) is 0 Å². The molecule has 0 radical (unpaired) electrons. The number of hydrogen-bond acceptors (Lipinski definition) is 3. The van der Waals surface area contributed by atoms with Crippen LogP contribution in [0.3, 0.4) is 0 Å². The van der Waals surface area contributed by atoms with Crippen molar-refractivity contribution in [3.63, 3.8) is 0 Å². The molecule has 1 aliphatic rings. The van der Waals surface area contributed by atoms with Gasteiger partial charge in [0.25, 0.3) is 5.78 Å². The molecule has 3 nitrogen and oxygen atoms in total. The van der Waals surface area contributed by atoms with Crippen LogP contribution in [0.4, 0.5) is 26.3 Å². The van der Waals surface area contributed by atoms with Crippen molar-refractivity contribution in [2.75, 3.05) is 13.1 Å². The van der Waals surface area contributed by atoms with E-state index in [1.807, 2.05) is 4.90 Å². The molecule has 0 unspecified atom stereocenters. The van der Waals surface area contributed by atoms with Gasteiger partial charge in [0, 0.05) is 29.1 Å². The molecule has 1 aliphatic heterocycles. The number of carbonyl (C=O) groups excluding carboxylic acids is 1. The van der Waals surface area contributed by atoms with E-state index in [-0.39, 0.29) is 28.4 Å². The number of likely N-dealkylation sites (tertiary alicyclic amines) is 1. The van der Waals surface area contributed by atoms with Gasteiger partial charge >= 0.3 is 12.4 Å². The minimum Gasteiger partial charge on any atom is -0.299 e. The number of carbonyl (C=O) groups is 1. The molecule has 1 fully saturated rings. The molecule has 3 aromatic rings. The third kappa shape index (κ3) is 3.62. The molecule has 0 N–H and O–H groups in total. The Balaban J connectivity index is 2.05. The number of nitrogens with zero attached hydrogens (tertiary/aromatic N) is 2. The van der Waals surface area contributed by atoms with Crippen molar-refractivity contribution in [3.8, 4) is 0 Å². The van der Waals surface area contributed by atoms with Gasteiger partial charge in [0.15, 0.2) is 0 Å². The quantitative estimate of drug-likeness (QED) is 0.304. The van der Waals surface area contributed by atoms with Gasteiger partial charge in [-0.2, -0.15) is 26.3 Å². The molecular weight excluding hydrogens is 410 g/mol. The molecule has 1 saturated heterocycles. The number of halogens is 6. The molecule has 0 aliphatic carbocycles. The lowest BCUT2D eigenvalue weighted by Gasteiger charge is -2.21. The molecule has 158 valence electrons. The molecule has 0 amide bonds. The van der Waals surface area contributed by atoms with Crippen molar-refractivity contribution in [3.05, 3.63) is 53.2 Å². The Bertz CT molecular complexity index is 1130. The topological polar surface area (TPSA) is 33.2 Å². The predicted molar refractivity (Wildman–Crippen MR) is 99.1 cm³/mol. The maximum atomic E-state index is 14.1. The summed E-state index contributed by atoms with van der Waals surface area (Å²) in [6.07, 6.45) is -7.15. The van der Waals surface area contributed by atoms with Crippen LogP contribution in [0, 0.1) is 0 Å². The highest BCUT2D eigenvalue weighted by molar-refractivity contribution is 6.18. The Labute approximate surface area is 167 Å². The second-order valence-electron chi connectivity index (χ2n) is 7.33. The molecule has 1 aromatic heterocycles. The first-order valence-electron chi connectivity index (χ1n) is 9.32. The van der Waals surface area contributed by atoms with E-state index in [0.717, 1.165) is 19.0 Å². The van der Waals surface area contributed by atoms with E-state index in [2.05, 4.69) is 4.98 Å². The highest BCUT2D eigenvalue weighted by atomic mass is 19.4. The van der Waals surface area contributed by atoms with E-state index in [1.54, 1.807) is 0 Å². The number of hydrogen-bond donors (Lipinski definition) is 0. The Hall–Kier alpha value is -2.68. The number of aromatic nitrogens is 1. The summed E-state index contributed by atoms with van der Waals surface area (Å²) in [5.74, 6) is -2.18. The minimum absolute atomic E-state index is 0.00678. The second-order valence-corrected chi connectivity index (χ2v) is 7.33. The fraction of sp³-hybridized carbons (Fsp3) is 0.333. The summed E-state index contributed by atoms with van der Waals surface area (Å²) < 4.78 is 81.7. The number of benzene rings is 2. The van der Waals surface area contributed by atoms with Crippen LogP contribution >= 0.6 is 0 Å². The van der Waals surface area contributed by atoms with Crippen LogP contribution in [0.15, 0.2) is 36.5 Å². The van der Waals surface area contributed by atoms with Gasteiger partial charge in [0.05, 0.1) is 11.1 Å². The zero-order chi connectivity index (χ0) is 21.7. The Kier molecular flexibility index (Phi) is 4.96. The van der Waals surface area contributed by atoms with Crippen LogP contribution in [0.1, 0.15) is 34.3 Å². The standard InChI is InChI=1S/C21H16F6N2O/c22-20(23,24)17-12(11-29-7-3-4-8-29)10-28-18-14-6-2-1-5-13(14)15(9-16(17)18)19(30)21(25,26)27/h1-2,5-6,9-10H,3-4,7-8,11H2. The van der Waals surface area contributed by atoms with Crippen LogP contribution in [0.2, 0.25) is 0 Å². The molecule has 30 heavy (non-hydrogen) atoms. The van der Waals surface area contributed by atoms with E-state index < -0.39 is 34.6 Å². The average Bonchev–Trinajstić information content (AvgIpc) is 3.17. The summed E-state index contributed by atoms with van der Waals surface area (Å²) in [5.41, 5.74) is -2.04. The predicted octanol–water partition coefficient (Wildman–Crippen LogP) is 5.75. The Morgan fingerprint density at radius 3 is 2.20 bits per heavy atom. The van der Waals surface area contributed by atoms with Crippen molar-refractivity contribution in [1.29, 1.82) is 0 Å². The maximum absolute atomic E-state index is 14.1. The summed E-state index contributed by atoms with van der Waals surface area (Å²) in [6, 6.07) is 6.25. The normalized spacial score (nSPS) is 15.9. The van der Waals surface area contributed by atoms with Crippen LogP contribution in [0.5, 0.6) is 0 Å². The number of rotatable bonds is 3. The second kappa shape index (κ2) is 7.23. The van der Waals surface area contributed by atoms with Crippen LogP contribution in [0.25, 0.3) is 21.7 Å². The third-order valence-electron chi connectivity index (χ3n) is 5.33. The molecular formula is C21H16F6N2O. The van der Waals surface area contributed by atoms with Crippen LogP contribution in [-0.2, 0) is 12.7 Å². The number of Topliss-reactive ketones (excluding diaryl/α,β-unsaturated/α-hetero) is 1. The van der Waals surface area contributed by atoms with E-state index in [0.29, 0.717) is 19.2 Å². The van der Waals surface area contributed by atoms with E-state index >= 15 is 0 Å². The summed E-state index contributed by atoms with van der Waals surface area (Å²) in [6.45, 7) is 1.28. The number of ketones is 1. The monoisotopic (exact) mass is 426 g/mol. The summed E-state index contributed by atoms with van der Waals surface area (Å²) in [4.78, 5) is 18.0. The van der Waals surface area contributed by atoms with Gasteiger partial charge in [-0.1, -0.05) is 24.3 Å². The van der Waals surface area contributed by atoms with Gasteiger partial charge in [-0.25, -0.2) is 0 Å². The first-order chi connectivity index (χ1) is 14.1. The van der Waals surface area contributed by atoms with Gasteiger partial charge < -0.3 is 0 Å². The molecule has 4 rings (SSSR count).